The zero-order valence-electron chi connectivity index (χ0n) is 10.0. The fraction of sp³-hybridized carbons (Fsp3) is 0.833. The molecule has 1 aliphatic carbocycles. The van der Waals surface area contributed by atoms with Crippen molar-refractivity contribution in [1.82, 2.24) is 0 Å². The number of methoxy groups -OCH3 is 1. The monoisotopic (exact) mass is 226 g/mol. The minimum atomic E-state index is -0.386. The molecule has 0 aromatic rings. The Bertz CT molecular complexity index is 338. The molecule has 0 aromatic heterocycles. The van der Waals surface area contributed by atoms with E-state index in [1.165, 1.54) is 7.11 Å². The smallest absolute Gasteiger partial charge is 0.307 e. The van der Waals surface area contributed by atoms with Crippen LogP contribution in [0.1, 0.15) is 39.5 Å². The van der Waals surface area contributed by atoms with Crippen molar-refractivity contribution in [2.45, 2.75) is 45.1 Å². The molecule has 0 N–H and O–H groups in total. The summed E-state index contributed by atoms with van der Waals surface area (Å²) in [6.07, 6.45) is 2.58. The molecule has 2 rings (SSSR count). The normalized spacial score (nSPS) is 41.7. The largest absolute Gasteiger partial charge is 0.469 e. The van der Waals surface area contributed by atoms with Gasteiger partial charge in [-0.25, -0.2) is 0 Å². The minimum Gasteiger partial charge on any atom is -0.469 e. The van der Waals surface area contributed by atoms with Gasteiger partial charge in [0.25, 0.3) is 0 Å². The van der Waals surface area contributed by atoms with Gasteiger partial charge in [0.2, 0.25) is 0 Å². The van der Waals surface area contributed by atoms with E-state index < -0.39 is 0 Å². The SMILES string of the molecule is COC(=O)C[C@@H]1CC[C@@]2(C)OC(=O)C[C@]12C. The number of rotatable bonds is 2. The van der Waals surface area contributed by atoms with Crippen LogP contribution in [0.4, 0.5) is 0 Å². The molecule has 2 fully saturated rings. The quantitative estimate of drug-likeness (QED) is 0.672. The molecular weight excluding hydrogens is 208 g/mol. The van der Waals surface area contributed by atoms with E-state index in [0.717, 1.165) is 12.8 Å². The lowest BCUT2D eigenvalue weighted by Gasteiger charge is -2.35. The predicted octanol–water partition coefficient (Wildman–Crippen LogP) is 1.67. The Morgan fingerprint density at radius 3 is 2.88 bits per heavy atom. The van der Waals surface area contributed by atoms with E-state index in [4.69, 9.17) is 9.47 Å². The van der Waals surface area contributed by atoms with Gasteiger partial charge >= 0.3 is 11.9 Å². The molecule has 16 heavy (non-hydrogen) atoms. The maximum absolute atomic E-state index is 11.4. The number of carbonyl (C=O) groups is 2. The molecule has 3 atom stereocenters. The second-order valence-corrected chi connectivity index (χ2v) is 5.32. The zero-order valence-corrected chi connectivity index (χ0v) is 10.0. The van der Waals surface area contributed by atoms with Crippen LogP contribution in [-0.4, -0.2) is 24.6 Å². The fourth-order valence-electron chi connectivity index (χ4n) is 3.18. The maximum atomic E-state index is 11.4. The first-order valence-corrected chi connectivity index (χ1v) is 5.70. The third-order valence-corrected chi connectivity index (χ3v) is 4.57. The molecular formula is C12H18O4. The number of esters is 2. The molecule has 1 aliphatic heterocycles. The topological polar surface area (TPSA) is 52.6 Å². The van der Waals surface area contributed by atoms with E-state index in [-0.39, 0.29) is 28.9 Å². The van der Waals surface area contributed by atoms with Gasteiger partial charge in [0.15, 0.2) is 0 Å². The van der Waals surface area contributed by atoms with Gasteiger partial charge in [0.05, 0.1) is 13.5 Å². The van der Waals surface area contributed by atoms with Gasteiger partial charge in [-0.15, -0.1) is 0 Å². The van der Waals surface area contributed by atoms with E-state index in [9.17, 15) is 9.59 Å². The van der Waals surface area contributed by atoms with E-state index in [1.807, 2.05) is 6.92 Å². The van der Waals surface area contributed by atoms with Crippen LogP contribution in [0.2, 0.25) is 0 Å². The third-order valence-electron chi connectivity index (χ3n) is 4.57. The van der Waals surface area contributed by atoms with Crippen molar-refractivity contribution in [2.24, 2.45) is 11.3 Å². The number of fused-ring (bicyclic) bond motifs is 1. The van der Waals surface area contributed by atoms with Crippen LogP contribution in [0.3, 0.4) is 0 Å². The summed E-state index contributed by atoms with van der Waals surface area (Å²) in [6.45, 7) is 4.04. The Balaban J connectivity index is 2.19. The van der Waals surface area contributed by atoms with Crippen LogP contribution in [0, 0.1) is 11.3 Å². The second-order valence-electron chi connectivity index (χ2n) is 5.32. The Kier molecular flexibility index (Phi) is 2.48. The van der Waals surface area contributed by atoms with Gasteiger partial charge in [0.1, 0.15) is 5.60 Å². The molecule has 4 heteroatoms. The molecule has 0 unspecified atom stereocenters. The highest BCUT2D eigenvalue weighted by Gasteiger charge is 2.62. The molecule has 0 radical (unpaired) electrons. The summed E-state index contributed by atoms with van der Waals surface area (Å²) in [5, 5.41) is 0. The lowest BCUT2D eigenvalue weighted by atomic mass is 9.70. The average Bonchev–Trinajstić information content (AvgIpc) is 2.55. The zero-order chi connectivity index (χ0) is 12.0. The van der Waals surface area contributed by atoms with Gasteiger partial charge in [-0.2, -0.15) is 0 Å². The lowest BCUT2D eigenvalue weighted by molar-refractivity contribution is -0.148. The van der Waals surface area contributed by atoms with Crippen molar-refractivity contribution in [3.05, 3.63) is 0 Å². The van der Waals surface area contributed by atoms with Gasteiger partial charge in [0, 0.05) is 11.8 Å². The van der Waals surface area contributed by atoms with Crippen LogP contribution < -0.4 is 0 Å². The molecule has 1 saturated heterocycles. The molecule has 90 valence electrons. The molecule has 0 aromatic carbocycles. The first kappa shape index (κ1) is 11.4. The van der Waals surface area contributed by atoms with Gasteiger partial charge in [-0.1, -0.05) is 6.92 Å². The summed E-state index contributed by atoms with van der Waals surface area (Å²) in [5.41, 5.74) is -0.596. The molecule has 0 amide bonds. The summed E-state index contributed by atoms with van der Waals surface area (Å²) in [5.74, 6) is -0.147. The predicted molar refractivity (Wildman–Crippen MR) is 56.6 cm³/mol. The first-order chi connectivity index (χ1) is 7.41. The number of hydrogen-bond acceptors (Lipinski definition) is 4. The summed E-state index contributed by atoms with van der Waals surface area (Å²) >= 11 is 0. The van der Waals surface area contributed by atoms with E-state index in [1.54, 1.807) is 0 Å². The first-order valence-electron chi connectivity index (χ1n) is 5.70. The summed E-state index contributed by atoms with van der Waals surface area (Å²) in [6, 6.07) is 0. The highest BCUT2D eigenvalue weighted by molar-refractivity contribution is 5.75. The van der Waals surface area contributed by atoms with E-state index in [0.29, 0.717) is 12.8 Å². The minimum absolute atomic E-state index is 0.139. The standard InChI is InChI=1S/C12H18O4/c1-11-7-10(14)16-12(11,2)5-4-8(11)6-9(13)15-3/h8H,4-7H2,1-3H3/t8-,11+,12+/m0/s1. The summed E-state index contributed by atoms with van der Waals surface area (Å²) in [4.78, 5) is 22.8. The van der Waals surface area contributed by atoms with Crippen LogP contribution >= 0.6 is 0 Å². The van der Waals surface area contributed by atoms with Gasteiger partial charge < -0.3 is 9.47 Å². The third kappa shape index (κ3) is 1.43. The van der Waals surface area contributed by atoms with Crippen molar-refractivity contribution in [2.75, 3.05) is 7.11 Å². The number of carbonyl (C=O) groups excluding carboxylic acids is 2. The van der Waals surface area contributed by atoms with Crippen LogP contribution in [0.25, 0.3) is 0 Å². The molecule has 1 heterocycles. The highest BCUT2D eigenvalue weighted by atomic mass is 16.6. The molecule has 0 bridgehead atoms. The Morgan fingerprint density at radius 1 is 1.56 bits per heavy atom. The second kappa shape index (κ2) is 3.47. The number of hydrogen-bond donors (Lipinski definition) is 0. The van der Waals surface area contributed by atoms with Gasteiger partial charge in [-0.05, 0) is 25.7 Å². The summed E-state index contributed by atoms with van der Waals surface area (Å²) in [7, 11) is 1.40. The maximum Gasteiger partial charge on any atom is 0.307 e. The van der Waals surface area contributed by atoms with Crippen LogP contribution in [-0.2, 0) is 19.1 Å². The van der Waals surface area contributed by atoms with Crippen LogP contribution in [0.5, 0.6) is 0 Å². The Morgan fingerprint density at radius 2 is 2.25 bits per heavy atom. The summed E-state index contributed by atoms with van der Waals surface area (Å²) < 4.78 is 10.1. The van der Waals surface area contributed by atoms with Crippen molar-refractivity contribution in [3.63, 3.8) is 0 Å². The van der Waals surface area contributed by atoms with Crippen molar-refractivity contribution < 1.29 is 19.1 Å². The Hall–Kier alpha value is -1.06. The molecule has 2 aliphatic rings. The van der Waals surface area contributed by atoms with Crippen LogP contribution in [0.15, 0.2) is 0 Å². The molecule has 4 nitrogen and oxygen atoms in total. The lowest BCUT2D eigenvalue weighted by Crippen LogP contribution is -2.39. The molecule has 1 saturated carbocycles. The Labute approximate surface area is 95.3 Å². The van der Waals surface area contributed by atoms with E-state index >= 15 is 0 Å². The average molecular weight is 226 g/mol. The van der Waals surface area contributed by atoms with Crippen molar-refractivity contribution in [1.29, 1.82) is 0 Å². The fourth-order valence-corrected chi connectivity index (χ4v) is 3.18. The molecule has 0 spiro atoms. The van der Waals surface area contributed by atoms with Gasteiger partial charge in [-0.3, -0.25) is 9.59 Å². The highest BCUT2D eigenvalue weighted by Crippen LogP contribution is 2.59. The van der Waals surface area contributed by atoms with E-state index in [2.05, 4.69) is 6.92 Å². The van der Waals surface area contributed by atoms with Crippen molar-refractivity contribution in [3.8, 4) is 0 Å². The van der Waals surface area contributed by atoms with Crippen molar-refractivity contribution >= 4 is 11.9 Å². The number of ether oxygens (including phenoxy) is 2.